The number of anilines is 2. The molecule has 1 aromatic carbocycles. The van der Waals surface area contributed by atoms with Crippen LogP contribution in [0.25, 0.3) is 0 Å². The molecule has 142 valence electrons. The Morgan fingerprint density at radius 3 is 2.88 bits per heavy atom. The van der Waals surface area contributed by atoms with E-state index in [0.29, 0.717) is 35.8 Å². The van der Waals surface area contributed by atoms with Gasteiger partial charge in [-0.15, -0.1) is 0 Å². The molecular weight excluding hydrogens is 325 g/mol. The molecule has 1 aliphatic rings. The van der Waals surface area contributed by atoms with Crippen molar-refractivity contribution in [1.82, 2.24) is 4.90 Å². The average Bonchev–Trinajstić information content (AvgIpc) is 2.59. The second kappa shape index (κ2) is 8.69. The number of fused-ring (bicyclic) bond motifs is 1. The Labute approximate surface area is 149 Å². The molecule has 0 saturated heterocycles. The number of aliphatic hydroxyl groups excluding tert-OH is 2. The van der Waals surface area contributed by atoms with E-state index in [1.807, 2.05) is 25.9 Å². The summed E-state index contributed by atoms with van der Waals surface area (Å²) in [5.74, 6) is -0.0143. The van der Waals surface area contributed by atoms with Crippen LogP contribution in [0.3, 0.4) is 0 Å². The summed E-state index contributed by atoms with van der Waals surface area (Å²) in [6.45, 7) is 6.66. The van der Waals surface area contributed by atoms with Gasteiger partial charge < -0.3 is 30.1 Å². The lowest BCUT2D eigenvalue weighted by Gasteiger charge is -2.37. The molecule has 25 heavy (non-hydrogen) atoms. The molecule has 2 atom stereocenters. The lowest BCUT2D eigenvalue weighted by Crippen LogP contribution is -2.39. The van der Waals surface area contributed by atoms with Gasteiger partial charge in [-0.2, -0.15) is 0 Å². The molecule has 0 bridgehead atoms. The number of ether oxygens (including phenoxy) is 1. The van der Waals surface area contributed by atoms with E-state index < -0.39 is 11.9 Å². The zero-order valence-corrected chi connectivity index (χ0v) is 15.5. The highest BCUT2D eigenvalue weighted by Gasteiger charge is 2.31. The first-order valence-electron chi connectivity index (χ1n) is 8.84. The summed E-state index contributed by atoms with van der Waals surface area (Å²) in [4.78, 5) is 4.13. The fourth-order valence-corrected chi connectivity index (χ4v) is 2.90. The first-order chi connectivity index (χ1) is 11.9. The highest BCUT2D eigenvalue weighted by molar-refractivity contribution is 5.77. The summed E-state index contributed by atoms with van der Waals surface area (Å²) < 4.78 is 20.6. The normalized spacial score (nSPS) is 18.1. The Balaban J connectivity index is 2.38. The van der Waals surface area contributed by atoms with Gasteiger partial charge in [-0.25, -0.2) is 4.39 Å². The third-order valence-corrected chi connectivity index (χ3v) is 4.82. The van der Waals surface area contributed by atoms with Crippen LogP contribution in [0.15, 0.2) is 6.07 Å². The van der Waals surface area contributed by atoms with Crippen molar-refractivity contribution in [3.63, 3.8) is 0 Å². The maximum Gasteiger partial charge on any atom is 0.169 e. The molecule has 0 aromatic heterocycles. The summed E-state index contributed by atoms with van der Waals surface area (Å²) >= 11 is 0. The van der Waals surface area contributed by atoms with Crippen molar-refractivity contribution in [2.45, 2.75) is 32.4 Å². The summed E-state index contributed by atoms with van der Waals surface area (Å²) in [6, 6.07) is 1.46. The fourth-order valence-electron chi connectivity index (χ4n) is 2.90. The Bertz CT molecular complexity index is 585. The number of benzene rings is 1. The van der Waals surface area contributed by atoms with Crippen LogP contribution in [-0.2, 0) is 0 Å². The minimum atomic E-state index is -0.940. The molecule has 1 heterocycles. The number of nitrogens with zero attached hydrogens (tertiary/aromatic N) is 2. The van der Waals surface area contributed by atoms with Crippen LogP contribution in [0.1, 0.15) is 31.9 Å². The van der Waals surface area contributed by atoms with E-state index in [1.54, 1.807) is 0 Å². The van der Waals surface area contributed by atoms with Crippen molar-refractivity contribution < 1.29 is 19.3 Å². The van der Waals surface area contributed by atoms with Gasteiger partial charge in [0.25, 0.3) is 0 Å². The molecule has 0 radical (unpaired) electrons. The highest BCUT2D eigenvalue weighted by Crippen LogP contribution is 2.46. The highest BCUT2D eigenvalue weighted by atomic mass is 19.1. The van der Waals surface area contributed by atoms with Gasteiger partial charge in [0.2, 0.25) is 0 Å². The van der Waals surface area contributed by atoms with Crippen LogP contribution in [0.4, 0.5) is 15.8 Å². The smallest absolute Gasteiger partial charge is 0.169 e. The van der Waals surface area contributed by atoms with Crippen LogP contribution < -0.4 is 15.0 Å². The van der Waals surface area contributed by atoms with Crippen LogP contribution in [0.5, 0.6) is 5.75 Å². The molecule has 1 aliphatic heterocycles. The lowest BCUT2D eigenvalue weighted by molar-refractivity contribution is 0.133. The second-order valence-corrected chi connectivity index (χ2v) is 6.62. The minimum Gasteiger partial charge on any atom is -0.487 e. The summed E-state index contributed by atoms with van der Waals surface area (Å²) in [5, 5.41) is 22.6. The molecule has 2 rings (SSSR count). The van der Waals surface area contributed by atoms with E-state index in [-0.39, 0.29) is 19.1 Å². The fraction of sp³-hybridized carbons (Fsp3) is 0.667. The Morgan fingerprint density at radius 1 is 1.52 bits per heavy atom. The van der Waals surface area contributed by atoms with E-state index in [1.165, 1.54) is 6.07 Å². The average molecular weight is 355 g/mol. The third kappa shape index (κ3) is 4.34. The van der Waals surface area contributed by atoms with E-state index in [0.717, 1.165) is 13.1 Å². The van der Waals surface area contributed by atoms with Gasteiger partial charge in [-0.3, -0.25) is 0 Å². The Morgan fingerprint density at radius 2 is 2.24 bits per heavy atom. The van der Waals surface area contributed by atoms with Crippen molar-refractivity contribution in [2.24, 2.45) is 0 Å². The van der Waals surface area contributed by atoms with E-state index in [9.17, 15) is 9.50 Å². The first kappa shape index (κ1) is 19.8. The summed E-state index contributed by atoms with van der Waals surface area (Å²) in [5.41, 5.74) is 1.47. The number of halogens is 1. The molecule has 7 heteroatoms. The van der Waals surface area contributed by atoms with Crippen LogP contribution in [0.2, 0.25) is 0 Å². The molecule has 6 nitrogen and oxygen atoms in total. The zero-order chi connectivity index (χ0) is 18.6. The molecule has 3 N–H and O–H groups in total. The van der Waals surface area contributed by atoms with Crippen molar-refractivity contribution in [1.29, 1.82) is 0 Å². The van der Waals surface area contributed by atoms with Gasteiger partial charge in [0.05, 0.1) is 17.8 Å². The molecule has 0 amide bonds. The monoisotopic (exact) mass is 355 g/mol. The van der Waals surface area contributed by atoms with Gasteiger partial charge in [0.1, 0.15) is 12.3 Å². The maximum absolute atomic E-state index is 14.7. The Kier molecular flexibility index (Phi) is 6.87. The van der Waals surface area contributed by atoms with Gasteiger partial charge in [0.15, 0.2) is 11.6 Å². The zero-order valence-electron chi connectivity index (χ0n) is 15.5. The van der Waals surface area contributed by atoms with Gasteiger partial charge >= 0.3 is 0 Å². The van der Waals surface area contributed by atoms with E-state index in [2.05, 4.69) is 17.1 Å². The topological polar surface area (TPSA) is 68.2 Å². The minimum absolute atomic E-state index is 0.108. The van der Waals surface area contributed by atoms with Crippen LogP contribution in [0, 0.1) is 5.82 Å². The van der Waals surface area contributed by atoms with Crippen LogP contribution in [-0.4, -0.2) is 68.1 Å². The Hall–Kier alpha value is -1.57. The van der Waals surface area contributed by atoms with Gasteiger partial charge in [-0.05, 0) is 26.6 Å². The van der Waals surface area contributed by atoms with E-state index in [4.69, 9.17) is 9.84 Å². The standard InChI is InChI=1S/C18H30FN3O3/c1-5-21(3)8-7-20-16-14(19)10-13(15(24)6-9-23)17-18(16)25-11-12(2)22(17)4/h10,12,15,20,23-24H,5-9,11H2,1-4H3. The molecule has 0 spiro atoms. The molecule has 2 unspecified atom stereocenters. The lowest BCUT2D eigenvalue weighted by atomic mass is 9.99. The van der Waals surface area contributed by atoms with Gasteiger partial charge in [0, 0.05) is 38.7 Å². The number of hydrogen-bond donors (Lipinski definition) is 3. The number of likely N-dealkylation sites (N-methyl/N-ethyl adjacent to an activating group) is 2. The molecule has 0 saturated carbocycles. The summed E-state index contributed by atoms with van der Waals surface area (Å²) in [7, 11) is 3.92. The molecular formula is C18H30FN3O3. The SMILES string of the molecule is CCN(C)CCNc1c(F)cc(C(O)CCO)c2c1OCC(C)N2C. The van der Waals surface area contributed by atoms with Crippen molar-refractivity contribution in [3.8, 4) is 5.75 Å². The number of nitrogens with one attached hydrogen (secondary N) is 1. The first-order valence-corrected chi connectivity index (χ1v) is 8.84. The quantitative estimate of drug-likeness (QED) is 0.661. The third-order valence-electron chi connectivity index (χ3n) is 4.82. The van der Waals surface area contributed by atoms with Gasteiger partial charge in [-0.1, -0.05) is 6.92 Å². The van der Waals surface area contributed by atoms with E-state index >= 15 is 0 Å². The molecule has 1 aromatic rings. The number of aliphatic hydroxyl groups is 2. The molecule has 0 fully saturated rings. The van der Waals surface area contributed by atoms with Crippen LogP contribution >= 0.6 is 0 Å². The summed E-state index contributed by atoms with van der Waals surface area (Å²) in [6.07, 6.45) is -0.785. The molecule has 0 aliphatic carbocycles. The second-order valence-electron chi connectivity index (χ2n) is 6.62. The van der Waals surface area contributed by atoms with Crippen molar-refractivity contribution in [3.05, 3.63) is 17.4 Å². The van der Waals surface area contributed by atoms with Crippen molar-refractivity contribution in [2.75, 3.05) is 57.2 Å². The predicted molar refractivity (Wildman–Crippen MR) is 98.1 cm³/mol. The number of hydrogen-bond acceptors (Lipinski definition) is 6. The largest absolute Gasteiger partial charge is 0.487 e. The number of rotatable bonds is 8. The van der Waals surface area contributed by atoms with Crippen molar-refractivity contribution >= 4 is 11.4 Å². The predicted octanol–water partition coefficient (Wildman–Crippen LogP) is 1.82. The maximum atomic E-state index is 14.7.